The van der Waals surface area contributed by atoms with Crippen molar-refractivity contribution in [2.75, 3.05) is 13.4 Å². The average Bonchev–Trinajstić information content (AvgIpc) is 2.59. The number of hydrogen-bond acceptors (Lipinski definition) is 4. The largest absolute Gasteiger partial charge is 0.496 e. The Labute approximate surface area is 155 Å². The zero-order chi connectivity index (χ0) is 19.3. The van der Waals surface area contributed by atoms with Crippen molar-refractivity contribution in [1.29, 1.82) is 0 Å². The fraction of sp³-hybridized carbons (Fsp3) is 0.350. The maximum absolute atomic E-state index is 12.4. The molecule has 6 heteroatoms. The first-order valence-electron chi connectivity index (χ1n) is 8.47. The number of hydrogen-bond donors (Lipinski definition) is 1. The summed E-state index contributed by atoms with van der Waals surface area (Å²) in [6, 6.07) is 12.2. The maximum Gasteiger partial charge on any atom is 0.224 e. The summed E-state index contributed by atoms with van der Waals surface area (Å²) in [4.78, 5) is 12.7. The monoisotopic (exact) mass is 375 g/mol. The topological polar surface area (TPSA) is 72.5 Å². The van der Waals surface area contributed by atoms with E-state index < -0.39 is 9.84 Å². The van der Waals surface area contributed by atoms with E-state index in [0.717, 1.165) is 22.4 Å². The molecule has 0 aromatic heterocycles. The standard InChI is InChI=1S/C20H25NO4S/c1-5-18(16-7-9-17(10-8-16)26(4,23)24)21-20(22)13-15-6-11-19(25-3)14(2)12-15/h6-12,18H,5,13H2,1-4H3,(H,21,22)/t18-/m0/s1. The highest BCUT2D eigenvalue weighted by atomic mass is 32.2. The summed E-state index contributed by atoms with van der Waals surface area (Å²) in [6.07, 6.45) is 2.17. The quantitative estimate of drug-likeness (QED) is 0.806. The van der Waals surface area contributed by atoms with Crippen LogP contribution in [0.1, 0.15) is 36.1 Å². The van der Waals surface area contributed by atoms with E-state index in [0.29, 0.717) is 6.42 Å². The number of benzene rings is 2. The summed E-state index contributed by atoms with van der Waals surface area (Å²) in [5.74, 6) is 0.722. The van der Waals surface area contributed by atoms with Crippen LogP contribution in [0.2, 0.25) is 0 Å². The van der Waals surface area contributed by atoms with E-state index in [1.807, 2.05) is 32.0 Å². The predicted octanol–water partition coefficient (Wildman–Crippen LogP) is 3.22. The molecule has 2 aromatic rings. The molecule has 26 heavy (non-hydrogen) atoms. The Morgan fingerprint density at radius 3 is 2.31 bits per heavy atom. The lowest BCUT2D eigenvalue weighted by Gasteiger charge is -2.18. The van der Waals surface area contributed by atoms with E-state index in [-0.39, 0.29) is 23.3 Å². The van der Waals surface area contributed by atoms with Crippen LogP contribution in [-0.2, 0) is 21.1 Å². The number of carbonyl (C=O) groups is 1. The molecule has 0 bridgehead atoms. The van der Waals surface area contributed by atoms with Gasteiger partial charge in [-0.1, -0.05) is 31.2 Å². The molecule has 2 aromatic carbocycles. The molecule has 0 unspecified atom stereocenters. The van der Waals surface area contributed by atoms with Gasteiger partial charge in [-0.3, -0.25) is 4.79 Å². The van der Waals surface area contributed by atoms with Crippen molar-refractivity contribution in [3.8, 4) is 5.75 Å². The maximum atomic E-state index is 12.4. The predicted molar refractivity (Wildman–Crippen MR) is 102 cm³/mol. The molecule has 0 aliphatic carbocycles. The van der Waals surface area contributed by atoms with Gasteiger partial charge >= 0.3 is 0 Å². The zero-order valence-corrected chi connectivity index (χ0v) is 16.4. The first-order valence-corrected chi connectivity index (χ1v) is 10.4. The zero-order valence-electron chi connectivity index (χ0n) is 15.6. The van der Waals surface area contributed by atoms with Gasteiger partial charge in [0.25, 0.3) is 0 Å². The Balaban J connectivity index is 2.07. The molecule has 1 N–H and O–H groups in total. The van der Waals surface area contributed by atoms with Crippen molar-refractivity contribution in [2.45, 2.75) is 37.6 Å². The average molecular weight is 375 g/mol. The molecule has 1 atom stereocenters. The number of aryl methyl sites for hydroxylation is 1. The Morgan fingerprint density at radius 1 is 1.15 bits per heavy atom. The van der Waals surface area contributed by atoms with Crippen molar-refractivity contribution in [2.24, 2.45) is 0 Å². The fourth-order valence-electron chi connectivity index (χ4n) is 2.85. The van der Waals surface area contributed by atoms with E-state index in [9.17, 15) is 13.2 Å². The molecule has 1 amide bonds. The number of methoxy groups -OCH3 is 1. The minimum Gasteiger partial charge on any atom is -0.496 e. The molecule has 0 spiro atoms. The molecular weight excluding hydrogens is 350 g/mol. The van der Waals surface area contributed by atoms with E-state index in [2.05, 4.69) is 5.32 Å². The van der Waals surface area contributed by atoms with Gasteiger partial charge in [-0.2, -0.15) is 0 Å². The smallest absolute Gasteiger partial charge is 0.224 e. The third kappa shape index (κ3) is 5.08. The number of sulfone groups is 1. The first-order chi connectivity index (χ1) is 12.2. The molecular formula is C20H25NO4S. The van der Waals surface area contributed by atoms with Crippen LogP contribution < -0.4 is 10.1 Å². The lowest BCUT2D eigenvalue weighted by Crippen LogP contribution is -2.29. The van der Waals surface area contributed by atoms with Crippen molar-refractivity contribution in [3.05, 3.63) is 59.2 Å². The third-order valence-corrected chi connectivity index (χ3v) is 5.41. The van der Waals surface area contributed by atoms with Crippen LogP contribution in [0.5, 0.6) is 5.75 Å². The van der Waals surface area contributed by atoms with Gasteiger partial charge < -0.3 is 10.1 Å². The molecule has 0 saturated heterocycles. The van der Waals surface area contributed by atoms with E-state index in [4.69, 9.17) is 4.74 Å². The Hall–Kier alpha value is -2.34. The Bertz CT molecular complexity index is 873. The second kappa shape index (κ2) is 8.36. The van der Waals surface area contributed by atoms with Crippen LogP contribution in [0.4, 0.5) is 0 Å². The molecule has 0 aliphatic rings. The van der Waals surface area contributed by atoms with Crippen molar-refractivity contribution in [1.82, 2.24) is 5.32 Å². The summed E-state index contributed by atoms with van der Waals surface area (Å²) in [5, 5.41) is 3.02. The molecule has 2 rings (SSSR count). The fourth-order valence-corrected chi connectivity index (χ4v) is 3.48. The number of carbonyl (C=O) groups excluding carboxylic acids is 1. The van der Waals surface area contributed by atoms with Crippen molar-refractivity contribution < 1.29 is 17.9 Å². The van der Waals surface area contributed by atoms with Gasteiger partial charge in [-0.25, -0.2) is 8.42 Å². The van der Waals surface area contributed by atoms with E-state index >= 15 is 0 Å². The number of amides is 1. The van der Waals surface area contributed by atoms with Gasteiger partial charge in [0, 0.05) is 6.26 Å². The molecule has 0 heterocycles. The van der Waals surface area contributed by atoms with Crippen molar-refractivity contribution in [3.63, 3.8) is 0 Å². The molecule has 0 fully saturated rings. The second-order valence-electron chi connectivity index (χ2n) is 6.35. The summed E-state index contributed by atoms with van der Waals surface area (Å²) in [7, 11) is -1.60. The summed E-state index contributed by atoms with van der Waals surface area (Å²) in [5.41, 5.74) is 2.79. The molecule has 0 radical (unpaired) electrons. The summed E-state index contributed by atoms with van der Waals surface area (Å²) < 4.78 is 28.4. The van der Waals surface area contributed by atoms with Gasteiger partial charge in [0.15, 0.2) is 9.84 Å². The van der Waals surface area contributed by atoms with Gasteiger partial charge in [-0.05, 0) is 48.2 Å². The Kier molecular flexibility index (Phi) is 6.42. The van der Waals surface area contributed by atoms with Crippen LogP contribution in [-0.4, -0.2) is 27.7 Å². The van der Waals surface area contributed by atoms with Gasteiger partial charge in [-0.15, -0.1) is 0 Å². The van der Waals surface area contributed by atoms with Crippen molar-refractivity contribution >= 4 is 15.7 Å². The first kappa shape index (κ1) is 20.0. The van der Waals surface area contributed by atoms with Crippen LogP contribution in [0.15, 0.2) is 47.4 Å². The lowest BCUT2D eigenvalue weighted by molar-refractivity contribution is -0.121. The van der Waals surface area contributed by atoms with Crippen LogP contribution >= 0.6 is 0 Å². The Morgan fingerprint density at radius 2 is 1.81 bits per heavy atom. The van der Waals surface area contributed by atoms with Gasteiger partial charge in [0.2, 0.25) is 5.91 Å². The summed E-state index contributed by atoms with van der Waals surface area (Å²) >= 11 is 0. The van der Waals surface area contributed by atoms with E-state index in [1.54, 1.807) is 31.4 Å². The minimum absolute atomic E-state index is 0.0754. The highest BCUT2D eigenvalue weighted by molar-refractivity contribution is 7.90. The summed E-state index contributed by atoms with van der Waals surface area (Å²) in [6.45, 7) is 3.92. The van der Waals surface area contributed by atoms with Crippen LogP contribution in [0.3, 0.4) is 0 Å². The van der Waals surface area contributed by atoms with Crippen LogP contribution in [0, 0.1) is 6.92 Å². The van der Waals surface area contributed by atoms with Crippen LogP contribution in [0.25, 0.3) is 0 Å². The molecule has 0 aliphatic heterocycles. The SMILES string of the molecule is CC[C@H](NC(=O)Cc1ccc(OC)c(C)c1)c1ccc(S(C)(=O)=O)cc1. The number of nitrogens with one attached hydrogen (secondary N) is 1. The second-order valence-corrected chi connectivity index (χ2v) is 8.37. The number of ether oxygens (including phenoxy) is 1. The normalized spacial score (nSPS) is 12.5. The molecule has 0 saturated carbocycles. The lowest BCUT2D eigenvalue weighted by atomic mass is 10.0. The highest BCUT2D eigenvalue weighted by Gasteiger charge is 2.15. The van der Waals surface area contributed by atoms with Gasteiger partial charge in [0.05, 0.1) is 24.5 Å². The third-order valence-electron chi connectivity index (χ3n) is 4.28. The molecule has 5 nitrogen and oxygen atoms in total. The highest BCUT2D eigenvalue weighted by Crippen LogP contribution is 2.21. The van der Waals surface area contributed by atoms with Gasteiger partial charge in [0.1, 0.15) is 5.75 Å². The minimum atomic E-state index is -3.22. The van der Waals surface area contributed by atoms with E-state index in [1.165, 1.54) is 6.26 Å². The number of rotatable bonds is 7. The molecule has 140 valence electrons.